The molecule has 134 valence electrons. The number of nitriles is 1. The van der Waals surface area contributed by atoms with Crippen molar-refractivity contribution in [2.75, 3.05) is 7.05 Å². The minimum absolute atomic E-state index is 0. The monoisotopic (exact) mass is 457 g/mol. The van der Waals surface area contributed by atoms with Crippen molar-refractivity contribution in [1.29, 1.82) is 5.26 Å². The summed E-state index contributed by atoms with van der Waals surface area (Å²) < 4.78 is 19.0. The minimum Gasteiger partial charge on any atom is -0.359 e. The molecule has 0 amide bonds. The molecule has 8 heteroatoms. The first kappa shape index (κ1) is 20.9. The normalized spacial score (nSPS) is 11.0. The maximum atomic E-state index is 13.8. The lowest BCUT2D eigenvalue weighted by atomic mass is 10.1. The van der Waals surface area contributed by atoms with Crippen molar-refractivity contribution in [3.63, 3.8) is 0 Å². The molecule has 2 N–H and O–H groups in total. The van der Waals surface area contributed by atoms with Crippen molar-refractivity contribution in [3.05, 3.63) is 52.7 Å². The maximum absolute atomic E-state index is 13.8. The average Bonchev–Trinajstić information content (AvgIpc) is 3.05. The van der Waals surface area contributed by atoms with Crippen LogP contribution in [0.15, 0.2) is 33.8 Å². The van der Waals surface area contributed by atoms with Gasteiger partial charge in [0.1, 0.15) is 5.82 Å². The number of hydrogen-bond acceptors (Lipinski definition) is 4. The number of nitrogens with one attached hydrogen (secondary N) is 2. The predicted octanol–water partition coefficient (Wildman–Crippen LogP) is 3.29. The Morgan fingerprint density at radius 3 is 2.64 bits per heavy atom. The number of aromatic nitrogens is 1. The van der Waals surface area contributed by atoms with Gasteiger partial charge in [-0.05, 0) is 24.1 Å². The molecule has 0 aliphatic rings. The fraction of sp³-hybridized carbons (Fsp3) is 0.353. The van der Waals surface area contributed by atoms with E-state index in [1.807, 2.05) is 26.0 Å². The van der Waals surface area contributed by atoms with Crippen LogP contribution in [0.4, 0.5) is 4.39 Å². The topological polar surface area (TPSA) is 86.2 Å². The Hall–Kier alpha value is -2.15. The van der Waals surface area contributed by atoms with Crippen LogP contribution >= 0.6 is 24.0 Å². The Balaban J connectivity index is 0.00000312. The smallest absolute Gasteiger partial charge is 0.191 e. The SMILES string of the molecule is CN=C(NCc1cc(C(C)C)no1)NCc1cc(C#N)ccc1F.I. The number of rotatable bonds is 5. The Kier molecular flexibility index (Phi) is 8.34. The summed E-state index contributed by atoms with van der Waals surface area (Å²) in [6.07, 6.45) is 0. The lowest BCUT2D eigenvalue weighted by molar-refractivity contribution is 0.372. The molecule has 1 heterocycles. The van der Waals surface area contributed by atoms with Crippen LogP contribution in [0.25, 0.3) is 0 Å². The van der Waals surface area contributed by atoms with Gasteiger partial charge in [-0.15, -0.1) is 24.0 Å². The van der Waals surface area contributed by atoms with Gasteiger partial charge in [0.15, 0.2) is 11.7 Å². The average molecular weight is 457 g/mol. The van der Waals surface area contributed by atoms with Crippen LogP contribution in [-0.4, -0.2) is 18.2 Å². The fourth-order valence-corrected chi connectivity index (χ4v) is 2.03. The van der Waals surface area contributed by atoms with Gasteiger partial charge >= 0.3 is 0 Å². The predicted molar refractivity (Wildman–Crippen MR) is 104 cm³/mol. The molecule has 0 bridgehead atoms. The molecule has 1 aromatic heterocycles. The van der Waals surface area contributed by atoms with Gasteiger partial charge in [-0.25, -0.2) is 4.39 Å². The number of benzene rings is 1. The summed E-state index contributed by atoms with van der Waals surface area (Å²) in [4.78, 5) is 4.08. The standard InChI is InChI=1S/C17H20FN5O.HI/c1-11(2)16-7-14(24-23-16)10-22-17(20-3)21-9-13-6-12(8-19)4-5-15(13)18;/h4-7,11H,9-10H2,1-3H3,(H2,20,21,22);1H. The van der Waals surface area contributed by atoms with Crippen molar-refractivity contribution in [1.82, 2.24) is 15.8 Å². The minimum atomic E-state index is -0.367. The highest BCUT2D eigenvalue weighted by atomic mass is 127. The molecule has 0 saturated heterocycles. The number of nitrogens with zero attached hydrogens (tertiary/aromatic N) is 3. The van der Waals surface area contributed by atoms with E-state index in [0.29, 0.717) is 35.3 Å². The molecular formula is C17H21FIN5O. The van der Waals surface area contributed by atoms with Crippen molar-refractivity contribution >= 4 is 29.9 Å². The molecule has 6 nitrogen and oxygen atoms in total. The van der Waals surface area contributed by atoms with Gasteiger partial charge in [-0.2, -0.15) is 5.26 Å². The van der Waals surface area contributed by atoms with Crippen LogP contribution < -0.4 is 10.6 Å². The Labute approximate surface area is 163 Å². The Morgan fingerprint density at radius 1 is 1.32 bits per heavy atom. The summed E-state index contributed by atoms with van der Waals surface area (Å²) >= 11 is 0. The zero-order valence-electron chi connectivity index (χ0n) is 14.3. The van der Waals surface area contributed by atoms with Crippen molar-refractivity contribution in [3.8, 4) is 6.07 Å². The molecule has 0 aliphatic heterocycles. The maximum Gasteiger partial charge on any atom is 0.191 e. The van der Waals surface area contributed by atoms with Gasteiger partial charge < -0.3 is 15.2 Å². The third kappa shape index (κ3) is 6.01. The van der Waals surface area contributed by atoms with E-state index in [-0.39, 0.29) is 36.3 Å². The summed E-state index contributed by atoms with van der Waals surface area (Å²) in [5.74, 6) is 1.13. The number of guanidine groups is 1. The van der Waals surface area contributed by atoms with Gasteiger partial charge in [0, 0.05) is 25.2 Å². The van der Waals surface area contributed by atoms with Crippen LogP contribution in [-0.2, 0) is 13.1 Å². The van der Waals surface area contributed by atoms with Gasteiger partial charge in [-0.3, -0.25) is 4.99 Å². The number of hydrogen-bond donors (Lipinski definition) is 2. The Bertz CT molecular complexity index is 767. The lowest BCUT2D eigenvalue weighted by Crippen LogP contribution is -2.36. The molecule has 25 heavy (non-hydrogen) atoms. The van der Waals surface area contributed by atoms with Crippen LogP contribution in [0.5, 0.6) is 0 Å². The largest absolute Gasteiger partial charge is 0.359 e. The molecule has 0 aliphatic carbocycles. The molecule has 0 spiro atoms. The molecule has 1 aromatic carbocycles. The van der Waals surface area contributed by atoms with E-state index in [1.165, 1.54) is 18.2 Å². The summed E-state index contributed by atoms with van der Waals surface area (Å²) in [5, 5.41) is 18.9. The summed E-state index contributed by atoms with van der Waals surface area (Å²) in [7, 11) is 1.62. The van der Waals surface area contributed by atoms with E-state index in [2.05, 4.69) is 20.8 Å². The molecule has 0 fully saturated rings. The first-order valence-electron chi connectivity index (χ1n) is 7.62. The van der Waals surface area contributed by atoms with E-state index in [4.69, 9.17) is 9.78 Å². The number of aliphatic imine (C=N–C) groups is 1. The van der Waals surface area contributed by atoms with E-state index >= 15 is 0 Å². The molecule has 2 aromatic rings. The highest BCUT2D eigenvalue weighted by Crippen LogP contribution is 2.13. The quantitative estimate of drug-likeness (QED) is 0.409. The molecule has 2 rings (SSSR count). The van der Waals surface area contributed by atoms with E-state index in [9.17, 15) is 4.39 Å². The zero-order valence-corrected chi connectivity index (χ0v) is 16.7. The van der Waals surface area contributed by atoms with Gasteiger partial charge in [-0.1, -0.05) is 19.0 Å². The van der Waals surface area contributed by atoms with Gasteiger partial charge in [0.25, 0.3) is 0 Å². The summed E-state index contributed by atoms with van der Waals surface area (Å²) in [5.41, 5.74) is 1.71. The third-order valence-electron chi connectivity index (χ3n) is 3.44. The van der Waals surface area contributed by atoms with E-state index in [0.717, 1.165) is 5.69 Å². The van der Waals surface area contributed by atoms with Crippen molar-refractivity contribution < 1.29 is 8.91 Å². The second kappa shape index (κ2) is 9.98. The third-order valence-corrected chi connectivity index (χ3v) is 3.44. The fourth-order valence-electron chi connectivity index (χ4n) is 2.03. The van der Waals surface area contributed by atoms with Gasteiger partial charge in [0.05, 0.1) is 23.9 Å². The number of halogens is 2. The van der Waals surface area contributed by atoms with E-state index in [1.54, 1.807) is 7.05 Å². The second-order valence-electron chi connectivity index (χ2n) is 5.57. The molecule has 0 unspecified atom stereocenters. The Morgan fingerprint density at radius 2 is 2.04 bits per heavy atom. The summed E-state index contributed by atoms with van der Waals surface area (Å²) in [6, 6.07) is 8.13. The lowest BCUT2D eigenvalue weighted by Gasteiger charge is -2.11. The highest BCUT2D eigenvalue weighted by Gasteiger charge is 2.09. The zero-order chi connectivity index (χ0) is 17.5. The van der Waals surface area contributed by atoms with Gasteiger partial charge in [0.2, 0.25) is 0 Å². The van der Waals surface area contributed by atoms with Crippen molar-refractivity contribution in [2.45, 2.75) is 32.9 Å². The van der Waals surface area contributed by atoms with E-state index < -0.39 is 0 Å². The van der Waals surface area contributed by atoms with Crippen molar-refractivity contribution in [2.24, 2.45) is 4.99 Å². The first-order chi connectivity index (χ1) is 11.5. The molecule has 0 atom stereocenters. The van der Waals surface area contributed by atoms with Crippen LogP contribution in [0.3, 0.4) is 0 Å². The second-order valence-corrected chi connectivity index (χ2v) is 5.57. The van der Waals surface area contributed by atoms with Crippen LogP contribution in [0, 0.1) is 17.1 Å². The van der Waals surface area contributed by atoms with Crippen LogP contribution in [0.1, 0.15) is 42.3 Å². The summed E-state index contributed by atoms with van der Waals surface area (Å²) in [6.45, 7) is 4.72. The molecule has 0 radical (unpaired) electrons. The molecule has 0 saturated carbocycles. The molecular weight excluding hydrogens is 436 g/mol. The van der Waals surface area contributed by atoms with Crippen LogP contribution in [0.2, 0.25) is 0 Å². The first-order valence-corrected chi connectivity index (χ1v) is 7.62. The highest BCUT2D eigenvalue weighted by molar-refractivity contribution is 14.0.